The van der Waals surface area contributed by atoms with Crippen LogP contribution in [0.2, 0.25) is 0 Å². The fraction of sp³-hybridized carbons (Fsp3) is 0.219. The highest BCUT2D eigenvalue weighted by molar-refractivity contribution is 7.99. The second kappa shape index (κ2) is 12.4. The first kappa shape index (κ1) is 26.2. The molecular weight excluding hydrogens is 494 g/mol. The van der Waals surface area contributed by atoms with Gasteiger partial charge in [0.05, 0.1) is 18.8 Å². The third-order valence-electron chi connectivity index (χ3n) is 6.73. The second-order valence-electron chi connectivity index (χ2n) is 9.39. The molecule has 0 bridgehead atoms. The van der Waals surface area contributed by atoms with Gasteiger partial charge in [0.15, 0.2) is 6.29 Å². The number of carbonyl (C=O) groups excluding carboxylic acids is 1. The molecule has 1 aliphatic heterocycles. The van der Waals surface area contributed by atoms with Crippen molar-refractivity contribution in [2.75, 3.05) is 11.1 Å². The van der Waals surface area contributed by atoms with E-state index in [-0.39, 0.29) is 30.6 Å². The molecule has 1 heterocycles. The summed E-state index contributed by atoms with van der Waals surface area (Å²) in [4.78, 5) is 13.9. The minimum atomic E-state index is -0.594. The number of aliphatic hydroxyl groups excluding tert-OH is 1. The van der Waals surface area contributed by atoms with E-state index in [2.05, 4.69) is 24.4 Å². The lowest BCUT2D eigenvalue weighted by molar-refractivity contribution is -0.268. The SMILES string of the molecule is C[C@@H]1[C@H](CSc2ccccc2)O[C@H](c2cccc(NC(=O)c3ccccc3)c2)O[C@@H]1c1ccc(CO)cc1. The van der Waals surface area contributed by atoms with Gasteiger partial charge in [-0.25, -0.2) is 0 Å². The molecular formula is C32H31NO4S. The number of hydrogen-bond acceptors (Lipinski definition) is 5. The fourth-order valence-electron chi connectivity index (χ4n) is 4.56. The molecule has 5 nitrogen and oxygen atoms in total. The number of aliphatic hydroxyl groups is 1. The average molecular weight is 526 g/mol. The van der Waals surface area contributed by atoms with E-state index in [0.717, 1.165) is 22.4 Å². The lowest BCUT2D eigenvalue weighted by Gasteiger charge is -2.41. The zero-order valence-electron chi connectivity index (χ0n) is 21.2. The summed E-state index contributed by atoms with van der Waals surface area (Å²) in [6.07, 6.45) is -0.849. The third-order valence-corrected chi connectivity index (χ3v) is 7.83. The fourth-order valence-corrected chi connectivity index (χ4v) is 5.65. The van der Waals surface area contributed by atoms with Crippen molar-refractivity contribution in [3.8, 4) is 0 Å². The van der Waals surface area contributed by atoms with E-state index in [1.807, 2.05) is 84.9 Å². The number of carbonyl (C=O) groups is 1. The third kappa shape index (κ3) is 6.34. The van der Waals surface area contributed by atoms with Gasteiger partial charge in [-0.05, 0) is 47.5 Å². The highest BCUT2D eigenvalue weighted by Gasteiger charge is 2.38. The summed E-state index contributed by atoms with van der Waals surface area (Å²) in [5.74, 6) is 0.713. The molecule has 4 atom stereocenters. The maximum absolute atomic E-state index is 12.7. The van der Waals surface area contributed by atoms with Crippen molar-refractivity contribution in [1.29, 1.82) is 0 Å². The zero-order valence-corrected chi connectivity index (χ0v) is 22.0. The van der Waals surface area contributed by atoms with Gasteiger partial charge in [0, 0.05) is 33.4 Å². The van der Waals surface area contributed by atoms with E-state index in [9.17, 15) is 9.90 Å². The maximum atomic E-state index is 12.7. The normalized spacial score (nSPS) is 21.1. The Labute approximate surface area is 227 Å². The number of thioether (sulfide) groups is 1. The van der Waals surface area contributed by atoms with Crippen LogP contribution in [0.3, 0.4) is 0 Å². The molecule has 2 N–H and O–H groups in total. The van der Waals surface area contributed by atoms with Crippen molar-refractivity contribution in [3.05, 3.63) is 131 Å². The summed E-state index contributed by atoms with van der Waals surface area (Å²) in [5, 5.41) is 12.5. The molecule has 38 heavy (non-hydrogen) atoms. The van der Waals surface area contributed by atoms with E-state index < -0.39 is 6.29 Å². The molecule has 194 valence electrons. The second-order valence-corrected chi connectivity index (χ2v) is 10.5. The Morgan fingerprint density at radius 1 is 0.842 bits per heavy atom. The van der Waals surface area contributed by atoms with Crippen LogP contribution in [0.1, 0.15) is 46.4 Å². The van der Waals surface area contributed by atoms with E-state index >= 15 is 0 Å². The number of nitrogens with one attached hydrogen (secondary N) is 1. The Kier molecular flexibility index (Phi) is 8.56. The molecule has 1 saturated heterocycles. The Hall–Kier alpha value is -3.42. The number of benzene rings is 4. The Bertz CT molecular complexity index is 1330. The molecule has 1 amide bonds. The monoisotopic (exact) mass is 525 g/mol. The summed E-state index contributed by atoms with van der Waals surface area (Å²) >= 11 is 1.77. The molecule has 0 spiro atoms. The largest absolute Gasteiger partial charge is 0.392 e. The minimum Gasteiger partial charge on any atom is -0.392 e. The van der Waals surface area contributed by atoms with Crippen molar-refractivity contribution in [2.45, 2.75) is 36.9 Å². The van der Waals surface area contributed by atoms with Crippen LogP contribution in [0.25, 0.3) is 0 Å². The van der Waals surface area contributed by atoms with Crippen molar-refractivity contribution in [3.63, 3.8) is 0 Å². The molecule has 0 saturated carbocycles. The lowest BCUT2D eigenvalue weighted by Crippen LogP contribution is -2.38. The smallest absolute Gasteiger partial charge is 0.255 e. The van der Waals surface area contributed by atoms with Crippen molar-refractivity contribution >= 4 is 23.4 Å². The van der Waals surface area contributed by atoms with Crippen LogP contribution in [0, 0.1) is 5.92 Å². The number of rotatable bonds is 8. The van der Waals surface area contributed by atoms with Gasteiger partial charge in [0.25, 0.3) is 5.91 Å². The molecule has 4 aromatic carbocycles. The van der Waals surface area contributed by atoms with Crippen LogP contribution in [-0.2, 0) is 16.1 Å². The first-order chi connectivity index (χ1) is 18.6. The van der Waals surface area contributed by atoms with E-state index in [4.69, 9.17) is 9.47 Å². The Balaban J connectivity index is 1.38. The van der Waals surface area contributed by atoms with Crippen LogP contribution < -0.4 is 5.32 Å². The maximum Gasteiger partial charge on any atom is 0.255 e. The van der Waals surface area contributed by atoms with E-state index in [0.29, 0.717) is 11.3 Å². The van der Waals surface area contributed by atoms with Gasteiger partial charge in [-0.2, -0.15) is 0 Å². The van der Waals surface area contributed by atoms with Crippen LogP contribution in [0.15, 0.2) is 114 Å². The van der Waals surface area contributed by atoms with Gasteiger partial charge in [-0.1, -0.05) is 79.7 Å². The summed E-state index contributed by atoms with van der Waals surface area (Å²) in [7, 11) is 0. The standard InChI is InChI=1S/C32H31NO4S/c1-22-29(21-38-28-13-6-3-7-14-28)36-32(37-30(22)24-17-15-23(20-34)16-18-24)26-11-8-12-27(19-26)33-31(35)25-9-4-2-5-10-25/h2-19,22,29-30,32,34H,20-21H2,1H3,(H,33,35)/t22-,29+,30+,32+/m1/s1. The predicted molar refractivity (Wildman–Crippen MR) is 151 cm³/mol. The zero-order chi connectivity index (χ0) is 26.3. The van der Waals surface area contributed by atoms with Gasteiger partial charge >= 0.3 is 0 Å². The van der Waals surface area contributed by atoms with Crippen molar-refractivity contribution in [2.24, 2.45) is 5.92 Å². The van der Waals surface area contributed by atoms with Gasteiger partial charge in [-0.3, -0.25) is 4.79 Å². The number of ether oxygens (including phenoxy) is 2. The minimum absolute atomic E-state index is 0.00489. The number of hydrogen-bond donors (Lipinski definition) is 2. The molecule has 6 heteroatoms. The number of amides is 1. The Morgan fingerprint density at radius 2 is 1.55 bits per heavy atom. The molecule has 1 fully saturated rings. The van der Waals surface area contributed by atoms with Gasteiger partial charge in [0.1, 0.15) is 0 Å². The summed E-state index contributed by atoms with van der Waals surface area (Å²) in [6, 6.07) is 35.0. The van der Waals surface area contributed by atoms with E-state index in [1.54, 1.807) is 23.9 Å². The Morgan fingerprint density at radius 3 is 2.26 bits per heavy atom. The number of anilines is 1. The first-order valence-electron chi connectivity index (χ1n) is 12.8. The van der Waals surface area contributed by atoms with E-state index in [1.165, 1.54) is 4.90 Å². The van der Waals surface area contributed by atoms with Gasteiger partial charge < -0.3 is 19.9 Å². The topological polar surface area (TPSA) is 67.8 Å². The predicted octanol–water partition coefficient (Wildman–Crippen LogP) is 7.01. The summed E-state index contributed by atoms with van der Waals surface area (Å²) in [6.45, 7) is 2.17. The molecule has 5 rings (SSSR count). The lowest BCUT2D eigenvalue weighted by atomic mass is 9.91. The van der Waals surface area contributed by atoms with Crippen LogP contribution >= 0.6 is 11.8 Å². The van der Waals surface area contributed by atoms with Crippen molar-refractivity contribution < 1.29 is 19.4 Å². The van der Waals surface area contributed by atoms with Crippen LogP contribution in [0.4, 0.5) is 5.69 Å². The first-order valence-corrected chi connectivity index (χ1v) is 13.7. The molecule has 1 aliphatic rings. The highest BCUT2D eigenvalue weighted by atomic mass is 32.2. The van der Waals surface area contributed by atoms with Crippen LogP contribution in [0.5, 0.6) is 0 Å². The molecule has 0 aromatic heterocycles. The van der Waals surface area contributed by atoms with Gasteiger partial charge in [0.2, 0.25) is 0 Å². The van der Waals surface area contributed by atoms with Gasteiger partial charge in [-0.15, -0.1) is 11.8 Å². The highest BCUT2D eigenvalue weighted by Crippen LogP contribution is 2.43. The molecule has 4 aromatic rings. The summed E-state index contributed by atoms with van der Waals surface area (Å²) in [5.41, 5.74) is 4.03. The summed E-state index contributed by atoms with van der Waals surface area (Å²) < 4.78 is 13.1. The average Bonchev–Trinajstić information content (AvgIpc) is 2.98. The van der Waals surface area contributed by atoms with Crippen molar-refractivity contribution in [1.82, 2.24) is 0 Å². The molecule has 0 unspecified atom stereocenters. The molecule has 0 radical (unpaired) electrons. The van der Waals surface area contributed by atoms with Crippen LogP contribution in [-0.4, -0.2) is 22.9 Å². The molecule has 0 aliphatic carbocycles. The quantitative estimate of drug-likeness (QED) is 0.242.